The molecule has 1 aliphatic carbocycles. The molecule has 0 radical (unpaired) electrons. The van der Waals surface area contributed by atoms with E-state index in [0.717, 1.165) is 18.5 Å². The Morgan fingerprint density at radius 1 is 1.11 bits per heavy atom. The van der Waals surface area contributed by atoms with Gasteiger partial charge in [0.25, 0.3) is 0 Å². The molecule has 0 aromatic rings. The van der Waals surface area contributed by atoms with Crippen molar-refractivity contribution in [3.63, 3.8) is 0 Å². The van der Waals surface area contributed by atoms with Crippen LogP contribution in [0.3, 0.4) is 0 Å². The summed E-state index contributed by atoms with van der Waals surface area (Å²) in [5.41, 5.74) is 0.249. The van der Waals surface area contributed by atoms with E-state index in [1.807, 2.05) is 0 Å². The van der Waals surface area contributed by atoms with Gasteiger partial charge in [0.05, 0.1) is 0 Å². The summed E-state index contributed by atoms with van der Waals surface area (Å²) in [6.45, 7) is 16.6. The predicted molar refractivity (Wildman–Crippen MR) is 78.0 cm³/mol. The lowest BCUT2D eigenvalue weighted by molar-refractivity contribution is 0.113. The van der Waals surface area contributed by atoms with Gasteiger partial charge >= 0.3 is 0 Å². The van der Waals surface area contributed by atoms with Gasteiger partial charge in [-0.05, 0) is 46.1 Å². The van der Waals surface area contributed by atoms with Gasteiger partial charge in [0.15, 0.2) is 0 Å². The second-order valence-electron chi connectivity index (χ2n) is 7.30. The summed E-state index contributed by atoms with van der Waals surface area (Å²) in [6.07, 6.45) is 2.90. The number of nitrogens with zero attached hydrogens (tertiary/aromatic N) is 2. The first kappa shape index (κ1) is 14.3. The highest BCUT2D eigenvalue weighted by Gasteiger charge is 2.31. The maximum absolute atomic E-state index is 3.61. The van der Waals surface area contributed by atoms with Crippen LogP contribution in [0.15, 0.2) is 0 Å². The van der Waals surface area contributed by atoms with E-state index in [1.54, 1.807) is 0 Å². The molecule has 1 saturated carbocycles. The molecule has 18 heavy (non-hydrogen) atoms. The van der Waals surface area contributed by atoms with E-state index in [0.29, 0.717) is 0 Å². The van der Waals surface area contributed by atoms with Crippen molar-refractivity contribution in [3.8, 4) is 0 Å². The normalized spacial score (nSPS) is 25.3. The molecule has 0 aromatic heterocycles. The molecular formula is C15H31N3. The standard InChI is InChI=1S/C15H31N3/c1-13(11-16-15(2,3)4)12-17-7-9-18(10-8-17)14-5-6-14/h13-14,16H,5-12H2,1-4H3. The Labute approximate surface area is 113 Å². The third kappa shape index (κ3) is 4.87. The highest BCUT2D eigenvalue weighted by atomic mass is 15.3. The van der Waals surface area contributed by atoms with Gasteiger partial charge in [-0.2, -0.15) is 0 Å². The summed E-state index contributed by atoms with van der Waals surface area (Å²) >= 11 is 0. The third-order valence-corrected chi connectivity index (χ3v) is 4.02. The van der Waals surface area contributed by atoms with Crippen molar-refractivity contribution in [2.75, 3.05) is 39.3 Å². The third-order valence-electron chi connectivity index (χ3n) is 4.02. The molecule has 2 rings (SSSR count). The fourth-order valence-electron chi connectivity index (χ4n) is 2.74. The number of piperazine rings is 1. The molecule has 1 N–H and O–H groups in total. The van der Waals surface area contributed by atoms with E-state index in [-0.39, 0.29) is 5.54 Å². The van der Waals surface area contributed by atoms with Gasteiger partial charge in [-0.1, -0.05) is 6.92 Å². The summed E-state index contributed by atoms with van der Waals surface area (Å²) in [6, 6.07) is 0.951. The molecule has 106 valence electrons. The van der Waals surface area contributed by atoms with Crippen LogP contribution in [0.2, 0.25) is 0 Å². The molecule has 1 heterocycles. The Hall–Kier alpha value is -0.120. The molecule has 2 aliphatic rings. The number of hydrogen-bond donors (Lipinski definition) is 1. The van der Waals surface area contributed by atoms with Crippen LogP contribution in [0.5, 0.6) is 0 Å². The molecular weight excluding hydrogens is 222 g/mol. The Balaban J connectivity index is 1.61. The minimum atomic E-state index is 0.249. The van der Waals surface area contributed by atoms with Gasteiger partial charge in [0.1, 0.15) is 0 Å². The van der Waals surface area contributed by atoms with Gasteiger partial charge in [-0.15, -0.1) is 0 Å². The lowest BCUT2D eigenvalue weighted by Crippen LogP contribution is -2.49. The zero-order chi connectivity index (χ0) is 13.2. The van der Waals surface area contributed by atoms with E-state index in [1.165, 1.54) is 45.6 Å². The van der Waals surface area contributed by atoms with Gasteiger partial charge in [0, 0.05) is 44.3 Å². The molecule has 0 amide bonds. The predicted octanol–water partition coefficient (Wildman–Crippen LogP) is 1.79. The first-order chi connectivity index (χ1) is 8.44. The van der Waals surface area contributed by atoms with Crippen LogP contribution >= 0.6 is 0 Å². The van der Waals surface area contributed by atoms with Crippen molar-refractivity contribution < 1.29 is 0 Å². The topological polar surface area (TPSA) is 18.5 Å². The zero-order valence-electron chi connectivity index (χ0n) is 12.7. The van der Waals surface area contributed by atoms with Crippen LogP contribution in [0.4, 0.5) is 0 Å². The van der Waals surface area contributed by atoms with Crippen molar-refractivity contribution in [2.24, 2.45) is 5.92 Å². The molecule has 0 spiro atoms. The molecule has 2 fully saturated rings. The molecule has 0 bridgehead atoms. The molecule has 3 heteroatoms. The first-order valence-electron chi connectivity index (χ1n) is 7.65. The van der Waals surface area contributed by atoms with Gasteiger partial charge in [-0.3, -0.25) is 4.90 Å². The Bertz CT molecular complexity index is 247. The summed E-state index contributed by atoms with van der Waals surface area (Å²) < 4.78 is 0. The minimum Gasteiger partial charge on any atom is -0.312 e. The second-order valence-corrected chi connectivity index (χ2v) is 7.30. The van der Waals surface area contributed by atoms with Crippen LogP contribution in [-0.4, -0.2) is 60.6 Å². The molecule has 1 unspecified atom stereocenters. The van der Waals surface area contributed by atoms with E-state index < -0.39 is 0 Å². The Morgan fingerprint density at radius 2 is 1.72 bits per heavy atom. The maximum atomic E-state index is 3.61. The highest BCUT2D eigenvalue weighted by Crippen LogP contribution is 2.27. The monoisotopic (exact) mass is 253 g/mol. The summed E-state index contributed by atoms with van der Waals surface area (Å²) in [5, 5.41) is 3.61. The first-order valence-corrected chi connectivity index (χ1v) is 7.65. The van der Waals surface area contributed by atoms with Crippen molar-refractivity contribution in [3.05, 3.63) is 0 Å². The molecule has 1 saturated heterocycles. The van der Waals surface area contributed by atoms with Crippen molar-refractivity contribution in [2.45, 2.75) is 52.1 Å². The number of nitrogens with one attached hydrogen (secondary N) is 1. The number of hydrogen-bond acceptors (Lipinski definition) is 3. The quantitative estimate of drug-likeness (QED) is 0.806. The summed E-state index contributed by atoms with van der Waals surface area (Å²) in [5.74, 6) is 0.747. The fraction of sp³-hybridized carbons (Fsp3) is 1.00. The maximum Gasteiger partial charge on any atom is 0.0113 e. The Morgan fingerprint density at radius 3 is 2.22 bits per heavy atom. The van der Waals surface area contributed by atoms with E-state index in [9.17, 15) is 0 Å². The average Bonchev–Trinajstić information content (AvgIpc) is 3.10. The Kier molecular flexibility index (Phi) is 4.68. The van der Waals surface area contributed by atoms with Crippen molar-refractivity contribution in [1.29, 1.82) is 0 Å². The second kappa shape index (κ2) is 5.89. The lowest BCUT2D eigenvalue weighted by Gasteiger charge is -2.36. The number of rotatable bonds is 5. The molecule has 1 aliphatic heterocycles. The molecule has 3 nitrogen and oxygen atoms in total. The highest BCUT2D eigenvalue weighted by molar-refractivity contribution is 4.87. The minimum absolute atomic E-state index is 0.249. The fourth-order valence-corrected chi connectivity index (χ4v) is 2.74. The van der Waals surface area contributed by atoms with Crippen molar-refractivity contribution in [1.82, 2.24) is 15.1 Å². The van der Waals surface area contributed by atoms with E-state index >= 15 is 0 Å². The summed E-state index contributed by atoms with van der Waals surface area (Å²) in [4.78, 5) is 5.34. The van der Waals surface area contributed by atoms with Crippen LogP contribution < -0.4 is 5.32 Å². The van der Waals surface area contributed by atoms with E-state index in [2.05, 4.69) is 42.8 Å². The van der Waals surface area contributed by atoms with Crippen LogP contribution in [-0.2, 0) is 0 Å². The average molecular weight is 253 g/mol. The molecule has 0 aromatic carbocycles. The van der Waals surface area contributed by atoms with Crippen LogP contribution in [0.25, 0.3) is 0 Å². The lowest BCUT2D eigenvalue weighted by atomic mass is 10.1. The van der Waals surface area contributed by atoms with Gasteiger partial charge in [0.2, 0.25) is 0 Å². The zero-order valence-corrected chi connectivity index (χ0v) is 12.7. The summed E-state index contributed by atoms with van der Waals surface area (Å²) in [7, 11) is 0. The largest absolute Gasteiger partial charge is 0.312 e. The van der Waals surface area contributed by atoms with Gasteiger partial charge < -0.3 is 10.2 Å². The van der Waals surface area contributed by atoms with E-state index in [4.69, 9.17) is 0 Å². The van der Waals surface area contributed by atoms with Crippen molar-refractivity contribution >= 4 is 0 Å². The van der Waals surface area contributed by atoms with Gasteiger partial charge in [-0.25, -0.2) is 0 Å². The van der Waals surface area contributed by atoms with Crippen LogP contribution in [0, 0.1) is 5.92 Å². The molecule has 1 atom stereocenters. The SMILES string of the molecule is CC(CNC(C)(C)C)CN1CCN(C2CC2)CC1. The smallest absolute Gasteiger partial charge is 0.0113 e. The van der Waals surface area contributed by atoms with Crippen LogP contribution in [0.1, 0.15) is 40.5 Å².